The van der Waals surface area contributed by atoms with Crippen LogP contribution in [-0.4, -0.2) is 41.4 Å². The predicted octanol–water partition coefficient (Wildman–Crippen LogP) is 5.94. The van der Waals surface area contributed by atoms with Crippen molar-refractivity contribution < 1.29 is 22.9 Å². The molecule has 0 saturated carbocycles. The predicted molar refractivity (Wildman–Crippen MR) is 138 cm³/mol. The van der Waals surface area contributed by atoms with Gasteiger partial charge in [0.2, 0.25) is 0 Å². The molecule has 9 heteroatoms. The summed E-state index contributed by atoms with van der Waals surface area (Å²) in [5.41, 5.74) is 1.66. The molecule has 3 heterocycles. The number of fused-ring (bicyclic) bond motifs is 1. The molecule has 1 aliphatic rings. The molecule has 6 nitrogen and oxygen atoms in total. The maximum Gasteiger partial charge on any atom is 0.251 e. The third kappa shape index (κ3) is 6.11. The Kier molecular flexibility index (Phi) is 7.71. The third-order valence-electron chi connectivity index (χ3n) is 6.76. The number of hydrogen-bond acceptors (Lipinski definition) is 6. The number of halogens is 2. The molecule has 5 rings (SSSR count). The Hall–Kier alpha value is -3.43. The third-order valence-corrected chi connectivity index (χ3v) is 7.89. The number of piperidine rings is 1. The van der Waals surface area contributed by atoms with E-state index in [2.05, 4.69) is 15.4 Å². The molecule has 2 aromatic carbocycles. The number of Topliss-reactive ketones (excluding diaryl/α,β-unsaturated/α-hetero) is 1. The first-order valence-electron chi connectivity index (χ1n) is 12.4. The maximum absolute atomic E-state index is 13.4. The smallest absolute Gasteiger partial charge is 0.251 e. The zero-order valence-electron chi connectivity index (χ0n) is 20.2. The SMILES string of the molecule is O=C(NCc1ccc(C(=O)CCCN2CCC(c3noc4cc(F)ccc34)CC2)s1)c1cccc(F)c1. The summed E-state index contributed by atoms with van der Waals surface area (Å²) < 4.78 is 32.0. The van der Waals surface area contributed by atoms with E-state index in [1.165, 1.54) is 41.7 Å². The number of amides is 1. The fraction of sp³-hybridized carbons (Fsp3) is 0.321. The zero-order chi connectivity index (χ0) is 25.8. The van der Waals surface area contributed by atoms with Gasteiger partial charge in [0.05, 0.1) is 17.1 Å². The topological polar surface area (TPSA) is 75.4 Å². The normalized spacial score (nSPS) is 14.8. The average molecular weight is 524 g/mol. The number of nitrogens with zero attached hydrogens (tertiary/aromatic N) is 2. The number of aromatic nitrogens is 1. The van der Waals surface area contributed by atoms with Crippen molar-refractivity contribution in [2.75, 3.05) is 19.6 Å². The van der Waals surface area contributed by atoms with E-state index in [-0.39, 0.29) is 35.5 Å². The Morgan fingerprint density at radius 1 is 1.05 bits per heavy atom. The lowest BCUT2D eigenvalue weighted by Crippen LogP contribution is -2.34. The van der Waals surface area contributed by atoms with Crippen molar-refractivity contribution in [1.29, 1.82) is 0 Å². The molecule has 0 aliphatic carbocycles. The van der Waals surface area contributed by atoms with Crippen molar-refractivity contribution in [3.63, 3.8) is 0 Å². The van der Waals surface area contributed by atoms with Crippen LogP contribution in [0.3, 0.4) is 0 Å². The fourth-order valence-electron chi connectivity index (χ4n) is 4.76. The van der Waals surface area contributed by atoms with Gasteiger partial charge in [-0.3, -0.25) is 9.59 Å². The Morgan fingerprint density at radius 2 is 1.86 bits per heavy atom. The summed E-state index contributed by atoms with van der Waals surface area (Å²) in [5.74, 6) is -0.747. The number of carbonyl (C=O) groups excluding carboxylic acids is 2. The Bertz CT molecular complexity index is 1410. The van der Waals surface area contributed by atoms with Gasteiger partial charge >= 0.3 is 0 Å². The van der Waals surface area contributed by atoms with E-state index >= 15 is 0 Å². The Morgan fingerprint density at radius 3 is 2.68 bits per heavy atom. The van der Waals surface area contributed by atoms with Gasteiger partial charge in [0, 0.05) is 34.2 Å². The van der Waals surface area contributed by atoms with E-state index in [0.717, 1.165) is 54.9 Å². The summed E-state index contributed by atoms with van der Waals surface area (Å²) in [6, 6.07) is 13.7. The quantitative estimate of drug-likeness (QED) is 0.275. The number of nitrogens with one attached hydrogen (secondary N) is 1. The molecule has 192 valence electrons. The Balaban J connectivity index is 1.04. The summed E-state index contributed by atoms with van der Waals surface area (Å²) in [4.78, 5) is 28.8. The van der Waals surface area contributed by atoms with Gasteiger partial charge in [-0.25, -0.2) is 8.78 Å². The van der Waals surface area contributed by atoms with E-state index < -0.39 is 5.82 Å². The highest BCUT2D eigenvalue weighted by atomic mass is 32.1. The summed E-state index contributed by atoms with van der Waals surface area (Å²) in [6.07, 6.45) is 3.14. The van der Waals surface area contributed by atoms with Crippen LogP contribution in [0, 0.1) is 11.6 Å². The van der Waals surface area contributed by atoms with E-state index in [9.17, 15) is 18.4 Å². The van der Waals surface area contributed by atoms with E-state index in [4.69, 9.17) is 4.52 Å². The van der Waals surface area contributed by atoms with Gasteiger partial charge in [-0.2, -0.15) is 0 Å². The van der Waals surface area contributed by atoms with Crippen LogP contribution in [0.2, 0.25) is 0 Å². The fourth-order valence-corrected chi connectivity index (χ4v) is 5.68. The van der Waals surface area contributed by atoms with Crippen molar-refractivity contribution in [1.82, 2.24) is 15.4 Å². The van der Waals surface area contributed by atoms with Crippen LogP contribution < -0.4 is 5.32 Å². The molecule has 2 aromatic heterocycles. The Labute approximate surface area is 217 Å². The lowest BCUT2D eigenvalue weighted by atomic mass is 9.91. The number of likely N-dealkylation sites (tertiary alicyclic amines) is 1. The summed E-state index contributed by atoms with van der Waals surface area (Å²) in [6.45, 7) is 2.98. The number of ketones is 1. The molecule has 0 bridgehead atoms. The van der Waals surface area contributed by atoms with Crippen LogP contribution in [0.25, 0.3) is 11.0 Å². The summed E-state index contributed by atoms with van der Waals surface area (Å²) in [7, 11) is 0. The summed E-state index contributed by atoms with van der Waals surface area (Å²) >= 11 is 1.38. The van der Waals surface area contributed by atoms with E-state index in [1.807, 2.05) is 6.07 Å². The minimum atomic E-state index is -0.456. The van der Waals surface area contributed by atoms with Crippen molar-refractivity contribution in [2.24, 2.45) is 0 Å². The molecule has 0 unspecified atom stereocenters. The molecule has 1 saturated heterocycles. The number of benzene rings is 2. The zero-order valence-corrected chi connectivity index (χ0v) is 21.0. The molecular formula is C28H27F2N3O3S. The molecule has 1 fully saturated rings. The molecule has 4 aromatic rings. The van der Waals surface area contributed by atoms with Gasteiger partial charge in [-0.1, -0.05) is 11.2 Å². The first kappa shape index (κ1) is 25.2. The van der Waals surface area contributed by atoms with Gasteiger partial charge in [0.25, 0.3) is 5.91 Å². The number of rotatable bonds is 9. The van der Waals surface area contributed by atoms with Crippen LogP contribution in [0.5, 0.6) is 0 Å². The van der Waals surface area contributed by atoms with Crippen molar-refractivity contribution >= 4 is 34.0 Å². The van der Waals surface area contributed by atoms with Crippen molar-refractivity contribution in [2.45, 2.75) is 38.1 Å². The van der Waals surface area contributed by atoms with Crippen molar-refractivity contribution in [3.05, 3.63) is 87.2 Å². The molecule has 1 N–H and O–H groups in total. The second-order valence-corrected chi connectivity index (χ2v) is 10.5. The lowest BCUT2D eigenvalue weighted by Gasteiger charge is -2.31. The highest BCUT2D eigenvalue weighted by Gasteiger charge is 2.25. The van der Waals surface area contributed by atoms with Crippen LogP contribution in [0.15, 0.2) is 59.1 Å². The van der Waals surface area contributed by atoms with Gasteiger partial charge in [0.15, 0.2) is 11.4 Å². The lowest BCUT2D eigenvalue weighted by molar-refractivity contribution is 0.0948. The molecule has 1 aliphatic heterocycles. The van der Waals surface area contributed by atoms with E-state index in [1.54, 1.807) is 18.2 Å². The van der Waals surface area contributed by atoms with Crippen LogP contribution in [0.1, 0.15) is 62.2 Å². The second kappa shape index (κ2) is 11.3. The highest BCUT2D eigenvalue weighted by Crippen LogP contribution is 2.33. The van der Waals surface area contributed by atoms with Gasteiger partial charge in [-0.15, -0.1) is 11.3 Å². The highest BCUT2D eigenvalue weighted by molar-refractivity contribution is 7.14. The monoisotopic (exact) mass is 523 g/mol. The van der Waals surface area contributed by atoms with Gasteiger partial charge < -0.3 is 14.7 Å². The average Bonchev–Trinajstić information content (AvgIpc) is 3.55. The van der Waals surface area contributed by atoms with Crippen LogP contribution in [0.4, 0.5) is 8.78 Å². The standard InChI is InChI=1S/C28H27F2N3O3S/c29-20-4-1-3-19(15-20)28(35)31-17-22-7-9-26(37-22)24(34)5-2-12-33-13-10-18(11-14-33)27-23-8-6-21(30)16-25(23)36-32-27/h1,3-4,6-9,15-16,18H,2,5,10-14,17H2,(H,31,35). The second-order valence-electron chi connectivity index (χ2n) is 9.31. The van der Waals surface area contributed by atoms with Crippen LogP contribution >= 0.6 is 11.3 Å². The molecule has 37 heavy (non-hydrogen) atoms. The number of thiophene rings is 1. The first-order chi connectivity index (χ1) is 18.0. The maximum atomic E-state index is 13.4. The minimum Gasteiger partial charge on any atom is -0.356 e. The largest absolute Gasteiger partial charge is 0.356 e. The molecular weight excluding hydrogens is 496 g/mol. The molecule has 0 atom stereocenters. The molecule has 0 spiro atoms. The van der Waals surface area contributed by atoms with E-state index in [0.29, 0.717) is 16.9 Å². The number of carbonyl (C=O) groups is 2. The van der Waals surface area contributed by atoms with Gasteiger partial charge in [-0.05, 0) is 81.4 Å². The summed E-state index contributed by atoms with van der Waals surface area (Å²) in [5, 5.41) is 7.86. The first-order valence-corrected chi connectivity index (χ1v) is 13.2. The van der Waals surface area contributed by atoms with Gasteiger partial charge in [0.1, 0.15) is 11.6 Å². The number of hydrogen-bond donors (Lipinski definition) is 1. The molecule has 0 radical (unpaired) electrons. The van der Waals surface area contributed by atoms with Crippen molar-refractivity contribution in [3.8, 4) is 0 Å². The van der Waals surface area contributed by atoms with Crippen LogP contribution in [-0.2, 0) is 6.54 Å². The minimum absolute atomic E-state index is 0.101. The molecule has 1 amide bonds.